The summed E-state index contributed by atoms with van der Waals surface area (Å²) in [5.74, 6) is 0.0576. The molecule has 0 atom stereocenters. The Bertz CT molecular complexity index is 650. The smallest absolute Gasteiger partial charge is 0.246 e. The van der Waals surface area contributed by atoms with Crippen molar-refractivity contribution in [3.63, 3.8) is 0 Å². The number of amides is 2. The zero-order valence-corrected chi connectivity index (χ0v) is 13.4. The molecule has 4 rings (SSSR count). The maximum atomic E-state index is 12.5. The predicted octanol–water partition coefficient (Wildman–Crippen LogP) is 1.95. The number of hydrogen-bond acceptors (Lipinski definition) is 3. The Morgan fingerprint density at radius 1 is 1.04 bits per heavy atom. The van der Waals surface area contributed by atoms with Gasteiger partial charge in [-0.2, -0.15) is 0 Å². The minimum atomic E-state index is -0.0131. The molecule has 0 saturated carbocycles. The van der Waals surface area contributed by atoms with E-state index < -0.39 is 0 Å². The molecule has 1 aliphatic carbocycles. The van der Waals surface area contributed by atoms with Gasteiger partial charge in [0, 0.05) is 13.1 Å². The summed E-state index contributed by atoms with van der Waals surface area (Å²) in [7, 11) is 0. The third-order valence-corrected chi connectivity index (χ3v) is 5.23. The average Bonchev–Trinajstić information content (AvgIpc) is 3.10. The number of likely N-dealkylation sites (tertiary alicyclic amines) is 1. The van der Waals surface area contributed by atoms with Crippen molar-refractivity contribution >= 4 is 23.2 Å². The first-order valence-electron chi connectivity index (χ1n) is 8.70. The average molecular weight is 313 g/mol. The van der Waals surface area contributed by atoms with Crippen molar-refractivity contribution in [1.82, 2.24) is 4.90 Å². The molecular weight excluding hydrogens is 290 g/mol. The van der Waals surface area contributed by atoms with Crippen LogP contribution in [0.1, 0.15) is 36.8 Å². The van der Waals surface area contributed by atoms with Gasteiger partial charge in [0.05, 0.1) is 17.9 Å². The van der Waals surface area contributed by atoms with Crippen molar-refractivity contribution in [1.29, 1.82) is 0 Å². The molecule has 3 aliphatic rings. The van der Waals surface area contributed by atoms with Crippen molar-refractivity contribution in [3.05, 3.63) is 23.3 Å². The van der Waals surface area contributed by atoms with Crippen LogP contribution in [0.3, 0.4) is 0 Å². The van der Waals surface area contributed by atoms with E-state index in [1.807, 2.05) is 4.90 Å². The molecule has 5 heteroatoms. The van der Waals surface area contributed by atoms with Crippen molar-refractivity contribution in [2.45, 2.75) is 38.5 Å². The molecule has 2 heterocycles. The van der Waals surface area contributed by atoms with Crippen LogP contribution in [0.2, 0.25) is 0 Å². The van der Waals surface area contributed by atoms with Crippen LogP contribution in [0.15, 0.2) is 12.1 Å². The number of fused-ring (bicyclic) bond motifs is 2. The lowest BCUT2D eigenvalue weighted by Crippen LogP contribution is -2.46. The number of carbonyl (C=O) groups is 2. The van der Waals surface area contributed by atoms with E-state index >= 15 is 0 Å². The highest BCUT2D eigenvalue weighted by atomic mass is 16.2. The summed E-state index contributed by atoms with van der Waals surface area (Å²) in [4.78, 5) is 28.4. The molecule has 23 heavy (non-hydrogen) atoms. The van der Waals surface area contributed by atoms with Crippen LogP contribution in [0, 0.1) is 0 Å². The molecule has 1 aromatic carbocycles. The molecule has 0 spiro atoms. The summed E-state index contributed by atoms with van der Waals surface area (Å²) in [5.41, 5.74) is 4.61. The Kier molecular flexibility index (Phi) is 3.71. The predicted molar refractivity (Wildman–Crippen MR) is 89.7 cm³/mol. The fourth-order valence-electron chi connectivity index (χ4n) is 3.91. The van der Waals surface area contributed by atoms with E-state index in [1.54, 1.807) is 4.90 Å². The first-order valence-corrected chi connectivity index (χ1v) is 8.70. The van der Waals surface area contributed by atoms with Crippen LogP contribution in [-0.4, -0.2) is 42.9 Å². The quantitative estimate of drug-likeness (QED) is 0.908. The highest BCUT2D eigenvalue weighted by Crippen LogP contribution is 2.35. The summed E-state index contributed by atoms with van der Waals surface area (Å²) >= 11 is 0. The van der Waals surface area contributed by atoms with Crippen LogP contribution in [-0.2, 0) is 22.4 Å². The topological polar surface area (TPSA) is 52.7 Å². The van der Waals surface area contributed by atoms with E-state index in [4.69, 9.17) is 0 Å². The van der Waals surface area contributed by atoms with Gasteiger partial charge in [0.2, 0.25) is 11.8 Å². The molecule has 2 aliphatic heterocycles. The lowest BCUT2D eigenvalue weighted by molar-refractivity contribution is -0.130. The number of nitrogens with one attached hydrogen (secondary N) is 1. The van der Waals surface area contributed by atoms with Gasteiger partial charge in [0.15, 0.2) is 0 Å². The first-order chi connectivity index (χ1) is 11.2. The first kappa shape index (κ1) is 14.5. The fraction of sp³-hybridized carbons (Fsp3) is 0.556. The molecule has 1 N–H and O–H groups in total. The SMILES string of the molecule is O=C(CN1C(=O)CNc2cc3c(cc21)CCCC3)N1CCCC1. The maximum Gasteiger partial charge on any atom is 0.246 e. The molecule has 1 fully saturated rings. The third kappa shape index (κ3) is 2.69. The summed E-state index contributed by atoms with van der Waals surface area (Å²) in [5, 5.41) is 3.22. The van der Waals surface area contributed by atoms with Crippen molar-refractivity contribution in [3.8, 4) is 0 Å². The number of anilines is 2. The zero-order chi connectivity index (χ0) is 15.8. The molecule has 0 unspecified atom stereocenters. The largest absolute Gasteiger partial charge is 0.374 e. The van der Waals surface area contributed by atoms with Gasteiger partial charge in [-0.1, -0.05) is 0 Å². The van der Waals surface area contributed by atoms with Crippen LogP contribution in [0.25, 0.3) is 0 Å². The fourth-order valence-corrected chi connectivity index (χ4v) is 3.91. The Balaban J connectivity index is 1.62. The normalized spacial score (nSPS) is 20.1. The van der Waals surface area contributed by atoms with E-state index in [0.717, 1.165) is 50.1 Å². The van der Waals surface area contributed by atoms with Crippen molar-refractivity contribution < 1.29 is 9.59 Å². The second kappa shape index (κ2) is 5.87. The Labute approximate surface area is 136 Å². The molecule has 1 aromatic rings. The van der Waals surface area contributed by atoms with Gasteiger partial charge in [-0.3, -0.25) is 14.5 Å². The summed E-state index contributed by atoms with van der Waals surface area (Å²) in [6.45, 7) is 2.11. The molecule has 0 bridgehead atoms. The van der Waals surface area contributed by atoms with Crippen LogP contribution in [0.4, 0.5) is 11.4 Å². The minimum absolute atomic E-state index is 0.0131. The second-order valence-corrected chi connectivity index (χ2v) is 6.77. The van der Waals surface area contributed by atoms with Crippen LogP contribution >= 0.6 is 0 Å². The molecule has 1 saturated heterocycles. The van der Waals surface area contributed by atoms with Gasteiger partial charge in [-0.15, -0.1) is 0 Å². The number of benzene rings is 1. The van der Waals surface area contributed by atoms with E-state index in [2.05, 4.69) is 17.4 Å². The van der Waals surface area contributed by atoms with Gasteiger partial charge in [-0.05, 0) is 61.8 Å². The Hall–Kier alpha value is -2.04. The standard InChI is InChI=1S/C18H23N3O2/c22-17-11-19-15-9-13-5-1-2-6-14(13)10-16(15)21(17)12-18(23)20-7-3-4-8-20/h9-10,19H,1-8,11-12H2. The summed E-state index contributed by atoms with van der Waals surface area (Å²) in [6.07, 6.45) is 6.79. The number of rotatable bonds is 2. The van der Waals surface area contributed by atoms with Gasteiger partial charge in [-0.25, -0.2) is 0 Å². The number of aryl methyl sites for hydroxylation is 2. The molecule has 0 aromatic heterocycles. The van der Waals surface area contributed by atoms with E-state index in [1.165, 1.54) is 24.0 Å². The highest BCUT2D eigenvalue weighted by Gasteiger charge is 2.29. The third-order valence-electron chi connectivity index (χ3n) is 5.23. The molecule has 2 amide bonds. The monoisotopic (exact) mass is 313 g/mol. The van der Waals surface area contributed by atoms with Crippen molar-refractivity contribution in [2.75, 3.05) is 36.4 Å². The van der Waals surface area contributed by atoms with Gasteiger partial charge in [0.1, 0.15) is 6.54 Å². The lowest BCUT2D eigenvalue weighted by atomic mass is 9.90. The number of nitrogens with zero attached hydrogens (tertiary/aromatic N) is 2. The summed E-state index contributed by atoms with van der Waals surface area (Å²) in [6, 6.07) is 4.31. The number of carbonyl (C=O) groups excluding carboxylic acids is 2. The Morgan fingerprint density at radius 2 is 1.74 bits per heavy atom. The van der Waals surface area contributed by atoms with Gasteiger partial charge < -0.3 is 10.2 Å². The van der Waals surface area contributed by atoms with Gasteiger partial charge >= 0.3 is 0 Å². The van der Waals surface area contributed by atoms with E-state index in [0.29, 0.717) is 0 Å². The highest BCUT2D eigenvalue weighted by molar-refractivity contribution is 6.06. The molecule has 122 valence electrons. The number of hydrogen-bond donors (Lipinski definition) is 1. The lowest BCUT2D eigenvalue weighted by Gasteiger charge is -2.32. The Morgan fingerprint density at radius 3 is 2.48 bits per heavy atom. The molecule has 0 radical (unpaired) electrons. The van der Waals surface area contributed by atoms with Crippen LogP contribution < -0.4 is 10.2 Å². The minimum Gasteiger partial charge on any atom is -0.374 e. The van der Waals surface area contributed by atoms with E-state index in [9.17, 15) is 9.59 Å². The zero-order valence-electron chi connectivity index (χ0n) is 13.4. The maximum absolute atomic E-state index is 12.5. The second-order valence-electron chi connectivity index (χ2n) is 6.77. The van der Waals surface area contributed by atoms with Gasteiger partial charge in [0.25, 0.3) is 0 Å². The summed E-state index contributed by atoms with van der Waals surface area (Å²) < 4.78 is 0. The van der Waals surface area contributed by atoms with Crippen LogP contribution in [0.5, 0.6) is 0 Å². The molecular formula is C18H23N3O2. The molecule has 5 nitrogen and oxygen atoms in total. The van der Waals surface area contributed by atoms with Crippen molar-refractivity contribution in [2.24, 2.45) is 0 Å². The van der Waals surface area contributed by atoms with E-state index in [-0.39, 0.29) is 24.9 Å².